The van der Waals surface area contributed by atoms with Gasteiger partial charge >= 0.3 is 6.18 Å². The number of benzene rings is 1. The minimum atomic E-state index is -4.46. The lowest BCUT2D eigenvalue weighted by molar-refractivity contribution is -0.194. The number of aromatic nitrogens is 1. The Morgan fingerprint density at radius 3 is 2.22 bits per heavy atom. The van der Waals surface area contributed by atoms with Crippen LogP contribution in [0.2, 0.25) is 0 Å². The van der Waals surface area contributed by atoms with Gasteiger partial charge in [-0.05, 0) is 69.6 Å². The number of amides is 2. The summed E-state index contributed by atoms with van der Waals surface area (Å²) in [6, 6.07) is 4.78. The number of hydrogen-bond acceptors (Lipinski definition) is 4. The van der Waals surface area contributed by atoms with E-state index in [1.54, 1.807) is 38.1 Å². The highest BCUT2D eigenvalue weighted by atomic mass is 19.4. The number of nitrogens with two attached hydrogens (primary N) is 1. The molecule has 2 amide bonds. The monoisotopic (exact) mass is 512 g/mol. The Morgan fingerprint density at radius 1 is 1.17 bits per heavy atom. The van der Waals surface area contributed by atoms with Crippen molar-refractivity contribution in [2.45, 2.75) is 50.7 Å². The van der Waals surface area contributed by atoms with Crippen molar-refractivity contribution in [1.82, 2.24) is 15.2 Å². The molecule has 1 aromatic heterocycles. The second-order valence-electron chi connectivity index (χ2n) is 9.57. The molecule has 1 saturated carbocycles. The molecule has 0 spiro atoms. The number of halogens is 5. The van der Waals surface area contributed by atoms with Gasteiger partial charge in [0.15, 0.2) is 0 Å². The zero-order valence-electron chi connectivity index (χ0n) is 20.3. The van der Waals surface area contributed by atoms with E-state index >= 15 is 0 Å². The SMILES string of the molecule is Cc1ccc(C(CC(=O)NCC(Cc2cc(F)c(C(N)=O)c(F)c2)N(C)C)C2(C(F)(F)F)CC2)cn1. The molecular weight excluding hydrogens is 483 g/mol. The van der Waals surface area contributed by atoms with Crippen molar-refractivity contribution in [1.29, 1.82) is 0 Å². The van der Waals surface area contributed by atoms with Crippen LogP contribution in [0.4, 0.5) is 22.0 Å². The Hall–Kier alpha value is -3.08. The highest BCUT2D eigenvalue weighted by molar-refractivity contribution is 5.93. The van der Waals surface area contributed by atoms with Gasteiger partial charge in [-0.15, -0.1) is 0 Å². The van der Waals surface area contributed by atoms with E-state index in [4.69, 9.17) is 5.73 Å². The van der Waals surface area contributed by atoms with Crippen molar-refractivity contribution < 1.29 is 31.5 Å². The van der Waals surface area contributed by atoms with Crippen molar-refractivity contribution in [2.75, 3.05) is 20.6 Å². The van der Waals surface area contributed by atoms with E-state index in [9.17, 15) is 31.5 Å². The molecule has 1 fully saturated rings. The van der Waals surface area contributed by atoms with Crippen molar-refractivity contribution >= 4 is 11.8 Å². The van der Waals surface area contributed by atoms with Gasteiger partial charge in [0.1, 0.15) is 17.2 Å². The molecular formula is C25H29F5N4O2. The predicted octanol–water partition coefficient (Wildman–Crippen LogP) is 3.87. The minimum Gasteiger partial charge on any atom is -0.365 e. The second kappa shape index (κ2) is 10.5. The first kappa shape index (κ1) is 27.5. The summed E-state index contributed by atoms with van der Waals surface area (Å²) in [5.41, 5.74) is 3.46. The number of carbonyl (C=O) groups excluding carboxylic acids is 2. The lowest BCUT2D eigenvalue weighted by Gasteiger charge is -2.30. The summed E-state index contributed by atoms with van der Waals surface area (Å²) in [5.74, 6) is -5.04. The quantitative estimate of drug-likeness (QED) is 0.473. The lowest BCUT2D eigenvalue weighted by atomic mass is 9.80. The average Bonchev–Trinajstić information content (AvgIpc) is 3.57. The van der Waals surface area contributed by atoms with Crippen LogP contribution in [0.3, 0.4) is 0 Å². The Balaban J connectivity index is 1.72. The molecule has 2 aromatic rings. The molecule has 6 nitrogen and oxygen atoms in total. The molecule has 1 aromatic carbocycles. The summed E-state index contributed by atoms with van der Waals surface area (Å²) < 4.78 is 70.1. The van der Waals surface area contributed by atoms with Crippen LogP contribution in [-0.2, 0) is 11.2 Å². The maximum absolute atomic E-state index is 14.1. The molecule has 1 heterocycles. The van der Waals surface area contributed by atoms with Gasteiger partial charge in [-0.1, -0.05) is 6.07 Å². The number of nitrogens with zero attached hydrogens (tertiary/aromatic N) is 2. The maximum Gasteiger partial charge on any atom is 0.395 e. The van der Waals surface area contributed by atoms with Crippen LogP contribution in [-0.4, -0.2) is 54.6 Å². The van der Waals surface area contributed by atoms with E-state index in [2.05, 4.69) is 10.3 Å². The van der Waals surface area contributed by atoms with Gasteiger partial charge in [0.05, 0.1) is 5.41 Å². The molecule has 2 atom stereocenters. The summed E-state index contributed by atoms with van der Waals surface area (Å²) in [6.45, 7) is 1.76. The molecule has 196 valence electrons. The van der Waals surface area contributed by atoms with E-state index in [-0.39, 0.29) is 37.8 Å². The van der Waals surface area contributed by atoms with Crippen molar-refractivity contribution in [2.24, 2.45) is 11.1 Å². The molecule has 0 saturated heterocycles. The van der Waals surface area contributed by atoms with Gasteiger partial charge in [-0.2, -0.15) is 13.2 Å². The lowest BCUT2D eigenvalue weighted by Crippen LogP contribution is -2.42. The zero-order chi connectivity index (χ0) is 26.8. The maximum atomic E-state index is 14.1. The molecule has 0 bridgehead atoms. The first-order chi connectivity index (χ1) is 16.7. The summed E-state index contributed by atoms with van der Waals surface area (Å²) in [4.78, 5) is 29.9. The number of carbonyl (C=O) groups is 2. The number of nitrogens with one attached hydrogen (secondary N) is 1. The smallest absolute Gasteiger partial charge is 0.365 e. The van der Waals surface area contributed by atoms with Gasteiger partial charge in [0.25, 0.3) is 5.91 Å². The van der Waals surface area contributed by atoms with Crippen molar-refractivity contribution in [3.8, 4) is 0 Å². The molecule has 0 radical (unpaired) electrons. The number of rotatable bonds is 10. The first-order valence-corrected chi connectivity index (χ1v) is 11.5. The largest absolute Gasteiger partial charge is 0.395 e. The second-order valence-corrected chi connectivity index (χ2v) is 9.57. The van der Waals surface area contributed by atoms with Crippen LogP contribution in [0.1, 0.15) is 52.4 Å². The molecule has 1 aliphatic rings. The highest BCUT2D eigenvalue weighted by Crippen LogP contribution is 2.66. The standard InChI is InChI=1S/C25H29F5N4O2/c1-14-4-5-16(12-32-14)18(24(6-7-24)25(28,29)30)11-21(35)33-13-17(34(2)3)8-15-9-19(26)22(23(31)36)20(27)10-15/h4-5,9-10,12,17-18H,6-8,11,13H2,1-3H3,(H2,31,36)(H,33,35). The number of hydrogen-bond donors (Lipinski definition) is 2. The van der Waals surface area contributed by atoms with Crippen LogP contribution >= 0.6 is 0 Å². The normalized spacial score (nSPS) is 16.5. The molecule has 36 heavy (non-hydrogen) atoms. The van der Waals surface area contributed by atoms with Gasteiger partial charge in [0.2, 0.25) is 5.91 Å². The fraction of sp³-hybridized carbons (Fsp3) is 0.480. The van der Waals surface area contributed by atoms with E-state index in [0.29, 0.717) is 11.3 Å². The molecule has 0 aliphatic heterocycles. The van der Waals surface area contributed by atoms with E-state index in [1.807, 2.05) is 0 Å². The molecule has 11 heteroatoms. The van der Waals surface area contributed by atoms with Crippen LogP contribution in [0.25, 0.3) is 0 Å². The summed E-state index contributed by atoms with van der Waals surface area (Å²) in [6.07, 6.45) is -3.44. The van der Waals surface area contributed by atoms with E-state index in [1.165, 1.54) is 6.20 Å². The molecule has 3 N–H and O–H groups in total. The van der Waals surface area contributed by atoms with E-state index < -0.39 is 52.6 Å². The number of alkyl halides is 3. The van der Waals surface area contributed by atoms with Crippen LogP contribution in [0.15, 0.2) is 30.5 Å². The van der Waals surface area contributed by atoms with E-state index in [0.717, 1.165) is 12.1 Å². The molecule has 3 rings (SSSR count). The Kier molecular flexibility index (Phi) is 8.02. The van der Waals surface area contributed by atoms with Crippen LogP contribution in [0.5, 0.6) is 0 Å². The molecule has 2 unspecified atom stereocenters. The summed E-state index contributed by atoms with van der Waals surface area (Å²) in [5, 5.41) is 2.68. The van der Waals surface area contributed by atoms with Crippen molar-refractivity contribution in [3.05, 3.63) is 64.5 Å². The highest BCUT2D eigenvalue weighted by Gasteiger charge is 2.67. The minimum absolute atomic E-state index is 0.0323. The number of primary amides is 1. The third kappa shape index (κ3) is 6.00. The van der Waals surface area contributed by atoms with Crippen molar-refractivity contribution in [3.63, 3.8) is 0 Å². The fourth-order valence-corrected chi connectivity index (χ4v) is 4.46. The number of likely N-dealkylation sites (N-methyl/N-ethyl adjacent to an activating group) is 1. The Labute approximate surface area is 206 Å². The third-order valence-corrected chi connectivity index (χ3v) is 6.83. The Bertz CT molecular complexity index is 1090. The van der Waals surface area contributed by atoms with Gasteiger partial charge < -0.3 is 16.0 Å². The predicted molar refractivity (Wildman–Crippen MR) is 123 cm³/mol. The van der Waals surface area contributed by atoms with Gasteiger partial charge in [-0.25, -0.2) is 8.78 Å². The van der Waals surface area contributed by atoms with Crippen LogP contribution < -0.4 is 11.1 Å². The Morgan fingerprint density at radius 2 is 1.78 bits per heavy atom. The van der Waals surface area contributed by atoms with Crippen LogP contribution in [0, 0.1) is 24.0 Å². The molecule has 1 aliphatic carbocycles. The fourth-order valence-electron chi connectivity index (χ4n) is 4.46. The zero-order valence-corrected chi connectivity index (χ0v) is 20.3. The van der Waals surface area contributed by atoms with Gasteiger partial charge in [-0.3, -0.25) is 14.6 Å². The average molecular weight is 513 g/mol. The number of aryl methyl sites for hydroxylation is 1. The summed E-state index contributed by atoms with van der Waals surface area (Å²) >= 11 is 0. The topological polar surface area (TPSA) is 88.3 Å². The third-order valence-electron chi connectivity index (χ3n) is 6.83. The van der Waals surface area contributed by atoms with Gasteiger partial charge in [0, 0.05) is 36.8 Å². The summed E-state index contributed by atoms with van der Waals surface area (Å²) in [7, 11) is 3.40. The number of pyridine rings is 1. The first-order valence-electron chi connectivity index (χ1n) is 11.5.